The van der Waals surface area contributed by atoms with Crippen molar-refractivity contribution < 1.29 is 14.7 Å². The van der Waals surface area contributed by atoms with E-state index >= 15 is 0 Å². The van der Waals surface area contributed by atoms with E-state index in [0.717, 1.165) is 6.42 Å². The van der Waals surface area contributed by atoms with Crippen molar-refractivity contribution in [2.75, 3.05) is 6.54 Å². The van der Waals surface area contributed by atoms with Crippen LogP contribution in [0.25, 0.3) is 0 Å². The van der Waals surface area contributed by atoms with Gasteiger partial charge in [-0.3, -0.25) is 4.79 Å². The van der Waals surface area contributed by atoms with E-state index in [2.05, 4.69) is 0 Å². The number of hydrogen-bond donors (Lipinski definition) is 0. The Kier molecular flexibility index (Phi) is 2.12. The van der Waals surface area contributed by atoms with Crippen LogP contribution in [0.3, 0.4) is 0 Å². The molecular weight excluding hydrogens is 146 g/mol. The van der Waals surface area contributed by atoms with Crippen LogP contribution in [0.1, 0.15) is 19.8 Å². The molecule has 0 spiro atoms. The largest absolute Gasteiger partial charge is 0.548 e. The smallest absolute Gasteiger partial charge is 0.223 e. The fourth-order valence-electron chi connectivity index (χ4n) is 1.21. The Bertz CT molecular complexity index is 190. The summed E-state index contributed by atoms with van der Waals surface area (Å²) in [6.07, 6.45) is 1.23. The van der Waals surface area contributed by atoms with Crippen LogP contribution in [0.5, 0.6) is 0 Å². The summed E-state index contributed by atoms with van der Waals surface area (Å²) in [6.45, 7) is 2.02. The average molecular weight is 156 g/mol. The first-order valence-corrected chi connectivity index (χ1v) is 3.63. The highest BCUT2D eigenvalue weighted by Crippen LogP contribution is 2.12. The molecule has 62 valence electrons. The molecule has 0 aromatic carbocycles. The van der Waals surface area contributed by atoms with Crippen LogP contribution < -0.4 is 5.11 Å². The molecule has 1 aliphatic heterocycles. The minimum Gasteiger partial charge on any atom is -0.548 e. The van der Waals surface area contributed by atoms with Crippen molar-refractivity contribution >= 4 is 11.9 Å². The van der Waals surface area contributed by atoms with Crippen LogP contribution in [0, 0.1) is 0 Å². The number of aliphatic carboxylic acids is 1. The highest BCUT2D eigenvalue weighted by atomic mass is 16.4. The summed E-state index contributed by atoms with van der Waals surface area (Å²) in [4.78, 5) is 22.6. The Hall–Kier alpha value is -1.06. The monoisotopic (exact) mass is 156 g/mol. The van der Waals surface area contributed by atoms with Gasteiger partial charge < -0.3 is 14.8 Å². The fourth-order valence-corrected chi connectivity index (χ4v) is 1.21. The van der Waals surface area contributed by atoms with Crippen molar-refractivity contribution in [2.24, 2.45) is 0 Å². The molecule has 0 bridgehead atoms. The molecule has 11 heavy (non-hydrogen) atoms. The van der Waals surface area contributed by atoms with Crippen LogP contribution in [0.2, 0.25) is 0 Å². The summed E-state index contributed by atoms with van der Waals surface area (Å²) in [5.74, 6) is -1.26. The minimum atomic E-state index is -1.18. The second kappa shape index (κ2) is 2.90. The predicted molar refractivity (Wildman–Crippen MR) is 35.4 cm³/mol. The molecule has 1 saturated heterocycles. The van der Waals surface area contributed by atoms with Crippen molar-refractivity contribution in [3.63, 3.8) is 0 Å². The molecule has 1 rings (SSSR count). The third-order valence-electron chi connectivity index (χ3n) is 1.92. The molecule has 1 atom stereocenters. The Labute approximate surface area is 64.8 Å². The molecule has 0 aliphatic carbocycles. The first-order chi connectivity index (χ1) is 5.13. The lowest BCUT2D eigenvalue weighted by Crippen LogP contribution is -2.46. The summed E-state index contributed by atoms with van der Waals surface area (Å²) in [5.41, 5.74) is 0. The SMILES string of the molecule is C[C@@H](C(=O)[O-])N1CCCC1=O. The Balaban J connectivity index is 2.59. The van der Waals surface area contributed by atoms with Gasteiger partial charge in [0.1, 0.15) is 0 Å². The second-order valence-corrected chi connectivity index (χ2v) is 2.69. The van der Waals surface area contributed by atoms with E-state index in [1.165, 1.54) is 11.8 Å². The highest BCUT2D eigenvalue weighted by molar-refractivity contribution is 5.83. The number of carboxylic acids is 1. The van der Waals surface area contributed by atoms with Crippen molar-refractivity contribution in [3.8, 4) is 0 Å². The lowest BCUT2D eigenvalue weighted by Gasteiger charge is -2.24. The van der Waals surface area contributed by atoms with E-state index in [-0.39, 0.29) is 5.91 Å². The predicted octanol–water partition coefficient (Wildman–Crippen LogP) is -1.25. The first kappa shape index (κ1) is 8.04. The maximum absolute atomic E-state index is 11.0. The van der Waals surface area contributed by atoms with E-state index in [9.17, 15) is 14.7 Å². The number of amides is 1. The van der Waals surface area contributed by atoms with Gasteiger partial charge in [-0.25, -0.2) is 0 Å². The van der Waals surface area contributed by atoms with Crippen molar-refractivity contribution in [2.45, 2.75) is 25.8 Å². The topological polar surface area (TPSA) is 60.4 Å². The Morgan fingerprint density at radius 3 is 2.73 bits per heavy atom. The van der Waals surface area contributed by atoms with Crippen LogP contribution in [0.4, 0.5) is 0 Å². The molecule has 0 radical (unpaired) electrons. The van der Waals surface area contributed by atoms with Crippen LogP contribution in [-0.4, -0.2) is 29.4 Å². The van der Waals surface area contributed by atoms with Gasteiger partial charge >= 0.3 is 0 Å². The van der Waals surface area contributed by atoms with Crippen LogP contribution in [0.15, 0.2) is 0 Å². The summed E-state index contributed by atoms with van der Waals surface area (Å²) in [7, 11) is 0. The second-order valence-electron chi connectivity index (χ2n) is 2.69. The zero-order chi connectivity index (χ0) is 8.43. The van der Waals surface area contributed by atoms with Gasteiger partial charge in [-0.05, 0) is 13.3 Å². The third kappa shape index (κ3) is 1.50. The fraction of sp³-hybridized carbons (Fsp3) is 0.714. The van der Waals surface area contributed by atoms with Gasteiger partial charge in [-0.1, -0.05) is 0 Å². The standard InChI is InChI=1S/C7H11NO3/c1-5(7(10)11)8-4-2-3-6(8)9/h5H,2-4H2,1H3,(H,10,11)/p-1/t5-/m0/s1. The van der Waals surface area contributed by atoms with E-state index in [1.807, 2.05) is 0 Å². The lowest BCUT2D eigenvalue weighted by atomic mass is 10.3. The Morgan fingerprint density at radius 2 is 2.36 bits per heavy atom. The molecule has 4 nitrogen and oxygen atoms in total. The molecule has 0 unspecified atom stereocenters. The van der Waals surface area contributed by atoms with Gasteiger partial charge in [0.15, 0.2) is 0 Å². The molecule has 1 fully saturated rings. The number of hydrogen-bond acceptors (Lipinski definition) is 3. The molecule has 1 amide bonds. The molecule has 0 saturated carbocycles. The quantitative estimate of drug-likeness (QED) is 0.501. The molecule has 1 aliphatic rings. The van der Waals surface area contributed by atoms with Gasteiger partial charge in [0.25, 0.3) is 0 Å². The van der Waals surface area contributed by atoms with E-state index < -0.39 is 12.0 Å². The van der Waals surface area contributed by atoms with Gasteiger partial charge in [0, 0.05) is 13.0 Å². The summed E-state index contributed by atoms with van der Waals surface area (Å²) in [6, 6.07) is -0.773. The lowest BCUT2D eigenvalue weighted by molar-refractivity contribution is -0.310. The minimum absolute atomic E-state index is 0.0818. The number of carboxylic acid groups (broad SMARTS) is 1. The van der Waals surface area contributed by atoms with Gasteiger partial charge in [-0.2, -0.15) is 0 Å². The molecule has 1 heterocycles. The van der Waals surface area contributed by atoms with Gasteiger partial charge in [0.05, 0.1) is 12.0 Å². The first-order valence-electron chi connectivity index (χ1n) is 3.63. The number of carbonyl (C=O) groups is 2. The molecule has 0 N–H and O–H groups in total. The molecular formula is C7H10NO3-. The highest BCUT2D eigenvalue weighted by Gasteiger charge is 2.25. The maximum atomic E-state index is 11.0. The maximum Gasteiger partial charge on any atom is 0.223 e. The van der Waals surface area contributed by atoms with E-state index in [1.54, 1.807) is 0 Å². The summed E-state index contributed by atoms with van der Waals surface area (Å²) in [5, 5.41) is 10.3. The number of likely N-dealkylation sites (tertiary alicyclic amines) is 1. The summed E-state index contributed by atoms with van der Waals surface area (Å²) >= 11 is 0. The zero-order valence-electron chi connectivity index (χ0n) is 6.37. The summed E-state index contributed by atoms with van der Waals surface area (Å²) < 4.78 is 0. The van der Waals surface area contributed by atoms with Crippen molar-refractivity contribution in [3.05, 3.63) is 0 Å². The van der Waals surface area contributed by atoms with Crippen molar-refractivity contribution in [1.82, 2.24) is 4.90 Å². The van der Waals surface area contributed by atoms with Crippen LogP contribution in [-0.2, 0) is 9.59 Å². The van der Waals surface area contributed by atoms with E-state index in [4.69, 9.17) is 0 Å². The molecule has 4 heteroatoms. The van der Waals surface area contributed by atoms with Crippen molar-refractivity contribution in [1.29, 1.82) is 0 Å². The van der Waals surface area contributed by atoms with E-state index in [0.29, 0.717) is 13.0 Å². The molecule has 0 aromatic heterocycles. The molecule has 0 aromatic rings. The average Bonchev–Trinajstić information content (AvgIpc) is 2.33. The van der Waals surface area contributed by atoms with Gasteiger partial charge in [0.2, 0.25) is 5.91 Å². The van der Waals surface area contributed by atoms with Crippen LogP contribution >= 0.6 is 0 Å². The number of nitrogens with zero attached hydrogens (tertiary/aromatic N) is 1. The third-order valence-corrected chi connectivity index (χ3v) is 1.92. The number of carbonyl (C=O) groups excluding carboxylic acids is 2. The van der Waals surface area contributed by atoms with Gasteiger partial charge in [-0.15, -0.1) is 0 Å². The normalized spacial score (nSPS) is 20.5. The number of rotatable bonds is 2. The Morgan fingerprint density at radius 1 is 1.73 bits per heavy atom. The zero-order valence-corrected chi connectivity index (χ0v) is 6.37.